The molecule has 1 N–H and O–H groups in total. The van der Waals surface area contributed by atoms with E-state index in [0.29, 0.717) is 28.2 Å². The Labute approximate surface area is 161 Å². The number of hydrogen-bond acceptors (Lipinski definition) is 4. The highest BCUT2D eigenvalue weighted by atomic mass is 35.5. The van der Waals surface area contributed by atoms with E-state index in [-0.39, 0.29) is 18.0 Å². The largest absolute Gasteiger partial charge is 0.480 e. The van der Waals surface area contributed by atoms with Crippen molar-refractivity contribution in [1.82, 2.24) is 15.1 Å². The number of nitrogens with zero attached hydrogens (tertiary/aromatic N) is 2. The van der Waals surface area contributed by atoms with Gasteiger partial charge in [-0.25, -0.2) is 4.68 Å². The third-order valence-electron chi connectivity index (χ3n) is 4.20. The van der Waals surface area contributed by atoms with Gasteiger partial charge in [0.25, 0.3) is 5.56 Å². The predicted octanol–water partition coefficient (Wildman–Crippen LogP) is 2.81. The van der Waals surface area contributed by atoms with E-state index in [2.05, 4.69) is 10.4 Å². The molecule has 0 saturated carbocycles. The van der Waals surface area contributed by atoms with Crippen molar-refractivity contribution in [3.8, 4) is 5.88 Å². The maximum Gasteiger partial charge on any atom is 0.275 e. The number of amides is 1. The van der Waals surface area contributed by atoms with Crippen LogP contribution in [0.15, 0.2) is 53.3 Å². The molecule has 2 aromatic carbocycles. The second-order valence-corrected chi connectivity index (χ2v) is 6.53. The molecule has 7 heteroatoms. The lowest BCUT2D eigenvalue weighted by Crippen LogP contribution is -2.34. The SMILES string of the molecule is COc1nn(CC(=O)NCCCc2ccc(Cl)cc2)c(=O)c2ccccc12. The number of carbonyl (C=O) groups excluding carboxylic acids is 1. The summed E-state index contributed by atoms with van der Waals surface area (Å²) in [5, 5.41) is 8.78. The van der Waals surface area contributed by atoms with E-state index >= 15 is 0 Å². The summed E-state index contributed by atoms with van der Waals surface area (Å²) in [6, 6.07) is 14.7. The van der Waals surface area contributed by atoms with Crippen LogP contribution < -0.4 is 15.6 Å². The topological polar surface area (TPSA) is 73.2 Å². The molecule has 1 heterocycles. The average molecular weight is 386 g/mol. The van der Waals surface area contributed by atoms with Gasteiger partial charge in [0.05, 0.1) is 17.9 Å². The minimum absolute atomic E-state index is 0.152. The van der Waals surface area contributed by atoms with Crippen molar-refractivity contribution < 1.29 is 9.53 Å². The Hall–Kier alpha value is -2.86. The summed E-state index contributed by atoms with van der Waals surface area (Å²) >= 11 is 5.86. The molecule has 0 aliphatic rings. The highest BCUT2D eigenvalue weighted by molar-refractivity contribution is 6.30. The Bertz CT molecular complexity index is 1000. The molecule has 140 valence electrons. The van der Waals surface area contributed by atoms with Crippen LogP contribution in [0.5, 0.6) is 5.88 Å². The average Bonchev–Trinajstić information content (AvgIpc) is 2.69. The number of fused-ring (bicyclic) bond motifs is 1. The summed E-state index contributed by atoms with van der Waals surface area (Å²) < 4.78 is 6.38. The second-order valence-electron chi connectivity index (χ2n) is 6.10. The van der Waals surface area contributed by atoms with Crippen molar-refractivity contribution in [3.05, 3.63) is 69.5 Å². The quantitative estimate of drug-likeness (QED) is 0.635. The third-order valence-corrected chi connectivity index (χ3v) is 4.45. The van der Waals surface area contributed by atoms with Gasteiger partial charge in [0.1, 0.15) is 6.54 Å². The fourth-order valence-corrected chi connectivity index (χ4v) is 2.95. The summed E-state index contributed by atoms with van der Waals surface area (Å²) in [6.45, 7) is 0.363. The summed E-state index contributed by atoms with van der Waals surface area (Å²) in [5.41, 5.74) is 0.841. The molecular weight excluding hydrogens is 366 g/mol. The van der Waals surface area contributed by atoms with Gasteiger partial charge in [-0.1, -0.05) is 35.9 Å². The van der Waals surface area contributed by atoms with Crippen LogP contribution in [-0.4, -0.2) is 29.3 Å². The lowest BCUT2D eigenvalue weighted by atomic mass is 10.1. The fourth-order valence-electron chi connectivity index (χ4n) is 2.83. The summed E-state index contributed by atoms with van der Waals surface area (Å²) in [6.07, 6.45) is 1.62. The number of rotatable bonds is 7. The van der Waals surface area contributed by atoms with E-state index in [1.165, 1.54) is 7.11 Å². The Morgan fingerprint density at radius 3 is 2.56 bits per heavy atom. The molecule has 0 atom stereocenters. The normalized spacial score (nSPS) is 10.7. The Morgan fingerprint density at radius 1 is 1.15 bits per heavy atom. The molecule has 27 heavy (non-hydrogen) atoms. The van der Waals surface area contributed by atoms with Crippen LogP contribution in [-0.2, 0) is 17.8 Å². The molecule has 0 aliphatic carbocycles. The first-order chi connectivity index (χ1) is 13.1. The lowest BCUT2D eigenvalue weighted by molar-refractivity contribution is -0.121. The minimum atomic E-state index is -0.317. The van der Waals surface area contributed by atoms with E-state index in [1.807, 2.05) is 30.3 Å². The van der Waals surface area contributed by atoms with Gasteiger partial charge in [-0.05, 0) is 42.7 Å². The molecule has 0 fully saturated rings. The molecule has 0 unspecified atom stereocenters. The van der Waals surface area contributed by atoms with Crippen LogP contribution in [0.1, 0.15) is 12.0 Å². The predicted molar refractivity (Wildman–Crippen MR) is 105 cm³/mol. The molecule has 0 radical (unpaired) electrons. The van der Waals surface area contributed by atoms with Crippen LogP contribution in [0.3, 0.4) is 0 Å². The van der Waals surface area contributed by atoms with Gasteiger partial charge >= 0.3 is 0 Å². The zero-order valence-corrected chi connectivity index (χ0v) is 15.7. The molecule has 0 bridgehead atoms. The van der Waals surface area contributed by atoms with Gasteiger partial charge in [0, 0.05) is 11.6 Å². The standard InChI is InChI=1S/C20H20ClN3O3/c1-27-19-16-6-2-3-7-17(16)20(26)24(23-19)13-18(25)22-12-4-5-14-8-10-15(21)11-9-14/h2-3,6-11H,4-5,12-13H2,1H3,(H,22,25). The monoisotopic (exact) mass is 385 g/mol. The van der Waals surface area contributed by atoms with Crippen molar-refractivity contribution in [2.24, 2.45) is 0 Å². The van der Waals surface area contributed by atoms with E-state index in [4.69, 9.17) is 16.3 Å². The molecule has 3 aromatic rings. The summed E-state index contributed by atoms with van der Waals surface area (Å²) in [4.78, 5) is 24.7. The molecule has 6 nitrogen and oxygen atoms in total. The summed E-state index contributed by atoms with van der Waals surface area (Å²) in [7, 11) is 1.49. The van der Waals surface area contributed by atoms with E-state index in [0.717, 1.165) is 23.1 Å². The lowest BCUT2D eigenvalue weighted by Gasteiger charge is -2.10. The van der Waals surface area contributed by atoms with Crippen LogP contribution in [0, 0.1) is 0 Å². The second kappa shape index (κ2) is 8.68. The molecule has 3 rings (SSSR count). The van der Waals surface area contributed by atoms with Gasteiger partial charge in [-0.2, -0.15) is 0 Å². The number of carbonyl (C=O) groups is 1. The van der Waals surface area contributed by atoms with Gasteiger partial charge in [0.2, 0.25) is 11.8 Å². The molecule has 1 aromatic heterocycles. The van der Waals surface area contributed by atoms with Crippen LogP contribution in [0.2, 0.25) is 5.02 Å². The first kappa shape index (κ1) is 18.9. The summed E-state index contributed by atoms with van der Waals surface area (Å²) in [5.74, 6) is 0.0544. The van der Waals surface area contributed by atoms with Crippen LogP contribution in [0.4, 0.5) is 0 Å². The fraction of sp³-hybridized carbons (Fsp3) is 0.250. The van der Waals surface area contributed by atoms with E-state index < -0.39 is 0 Å². The van der Waals surface area contributed by atoms with Crippen LogP contribution in [0.25, 0.3) is 10.8 Å². The first-order valence-electron chi connectivity index (χ1n) is 8.63. The van der Waals surface area contributed by atoms with Gasteiger partial charge < -0.3 is 10.1 Å². The van der Waals surface area contributed by atoms with Gasteiger partial charge in [0.15, 0.2) is 0 Å². The number of benzene rings is 2. The Kier molecular flexibility index (Phi) is 6.08. The Morgan fingerprint density at radius 2 is 1.85 bits per heavy atom. The molecule has 0 saturated heterocycles. The maximum atomic E-state index is 12.5. The van der Waals surface area contributed by atoms with Gasteiger partial charge in [-0.3, -0.25) is 9.59 Å². The van der Waals surface area contributed by atoms with Gasteiger partial charge in [-0.15, -0.1) is 5.10 Å². The highest BCUT2D eigenvalue weighted by Gasteiger charge is 2.12. The van der Waals surface area contributed by atoms with Crippen molar-refractivity contribution >= 4 is 28.3 Å². The zero-order chi connectivity index (χ0) is 19.2. The smallest absolute Gasteiger partial charge is 0.275 e. The number of nitrogens with one attached hydrogen (secondary N) is 1. The molecule has 0 spiro atoms. The zero-order valence-electron chi connectivity index (χ0n) is 14.9. The van der Waals surface area contributed by atoms with Crippen molar-refractivity contribution in [3.63, 3.8) is 0 Å². The van der Waals surface area contributed by atoms with Crippen molar-refractivity contribution in [2.75, 3.05) is 13.7 Å². The van der Waals surface area contributed by atoms with Crippen molar-refractivity contribution in [1.29, 1.82) is 0 Å². The van der Waals surface area contributed by atoms with E-state index in [1.54, 1.807) is 18.2 Å². The first-order valence-corrected chi connectivity index (χ1v) is 9.01. The number of halogens is 1. The number of aryl methyl sites for hydroxylation is 1. The maximum absolute atomic E-state index is 12.5. The van der Waals surface area contributed by atoms with Crippen LogP contribution >= 0.6 is 11.6 Å². The number of hydrogen-bond donors (Lipinski definition) is 1. The van der Waals surface area contributed by atoms with E-state index in [9.17, 15) is 9.59 Å². The highest BCUT2D eigenvalue weighted by Crippen LogP contribution is 2.19. The number of methoxy groups -OCH3 is 1. The third kappa shape index (κ3) is 4.65. The number of aromatic nitrogens is 2. The molecule has 1 amide bonds. The Balaban J connectivity index is 1.60. The molecular formula is C20H20ClN3O3. The number of ether oxygens (including phenoxy) is 1. The molecule has 0 aliphatic heterocycles. The minimum Gasteiger partial charge on any atom is -0.480 e. The van der Waals surface area contributed by atoms with Crippen molar-refractivity contribution in [2.45, 2.75) is 19.4 Å².